The number of aliphatic hydroxyl groups is 2. The van der Waals surface area contributed by atoms with Gasteiger partial charge in [0.2, 0.25) is 0 Å². The Bertz CT molecular complexity index is 554. The second kappa shape index (κ2) is 6.92. The van der Waals surface area contributed by atoms with Crippen LogP contribution in [0.5, 0.6) is 0 Å². The summed E-state index contributed by atoms with van der Waals surface area (Å²) in [4.78, 5) is 0. The van der Waals surface area contributed by atoms with Crippen molar-refractivity contribution in [1.29, 1.82) is 0 Å². The van der Waals surface area contributed by atoms with Crippen LogP contribution in [-0.4, -0.2) is 22.9 Å². The normalized spacial score (nSPS) is 49.0. The number of fused-ring (bicyclic) bond motifs is 5. The Morgan fingerprint density at radius 2 is 1.92 bits per heavy atom. The molecule has 0 aromatic heterocycles. The van der Waals surface area contributed by atoms with Gasteiger partial charge in [-0.05, 0) is 105 Å². The molecular formula is C24H40O2. The smallest absolute Gasteiger partial charge is 0.0577 e. The van der Waals surface area contributed by atoms with E-state index in [1.165, 1.54) is 44.9 Å². The summed E-state index contributed by atoms with van der Waals surface area (Å²) in [6.45, 7) is 7.94. The van der Waals surface area contributed by atoms with Gasteiger partial charge in [-0.25, -0.2) is 0 Å². The molecule has 2 N–H and O–H groups in total. The van der Waals surface area contributed by atoms with Crippen LogP contribution in [-0.2, 0) is 0 Å². The van der Waals surface area contributed by atoms with Gasteiger partial charge in [0.25, 0.3) is 0 Å². The zero-order chi connectivity index (χ0) is 18.5. The SMILES string of the molecule is CC(CCCO)[C@H]1CCC2C3CC=C4C[C@@H](O)CC[C@]4(C)C3CC[C@@]21C. The average Bonchev–Trinajstić information content (AvgIpc) is 2.97. The van der Waals surface area contributed by atoms with Gasteiger partial charge >= 0.3 is 0 Å². The molecule has 3 fully saturated rings. The van der Waals surface area contributed by atoms with Gasteiger partial charge in [-0.1, -0.05) is 32.4 Å². The molecule has 0 aromatic carbocycles. The van der Waals surface area contributed by atoms with E-state index in [0.717, 1.165) is 48.9 Å². The maximum Gasteiger partial charge on any atom is 0.0577 e. The Morgan fingerprint density at radius 3 is 2.69 bits per heavy atom. The highest BCUT2D eigenvalue weighted by Crippen LogP contribution is 2.67. The minimum Gasteiger partial charge on any atom is -0.396 e. The van der Waals surface area contributed by atoms with Crippen molar-refractivity contribution in [2.24, 2.45) is 40.4 Å². The third kappa shape index (κ3) is 2.82. The minimum atomic E-state index is -0.0945. The predicted molar refractivity (Wildman–Crippen MR) is 107 cm³/mol. The lowest BCUT2D eigenvalue weighted by Crippen LogP contribution is -2.50. The molecule has 0 aliphatic heterocycles. The Kier molecular flexibility index (Phi) is 5.06. The first-order valence-corrected chi connectivity index (χ1v) is 11.4. The summed E-state index contributed by atoms with van der Waals surface area (Å²) in [6.07, 6.45) is 14.6. The molecule has 0 amide bonds. The molecule has 2 heteroatoms. The van der Waals surface area contributed by atoms with Crippen molar-refractivity contribution in [3.05, 3.63) is 11.6 Å². The van der Waals surface area contributed by atoms with Crippen LogP contribution in [0.25, 0.3) is 0 Å². The topological polar surface area (TPSA) is 40.5 Å². The van der Waals surface area contributed by atoms with Crippen LogP contribution in [0.2, 0.25) is 0 Å². The van der Waals surface area contributed by atoms with Crippen LogP contribution >= 0.6 is 0 Å². The molecule has 148 valence electrons. The van der Waals surface area contributed by atoms with E-state index >= 15 is 0 Å². The zero-order valence-corrected chi connectivity index (χ0v) is 17.2. The Morgan fingerprint density at radius 1 is 1.12 bits per heavy atom. The van der Waals surface area contributed by atoms with E-state index < -0.39 is 0 Å². The maximum absolute atomic E-state index is 10.2. The van der Waals surface area contributed by atoms with Gasteiger partial charge in [-0.15, -0.1) is 0 Å². The van der Waals surface area contributed by atoms with E-state index in [1.807, 2.05) is 0 Å². The van der Waals surface area contributed by atoms with E-state index in [4.69, 9.17) is 0 Å². The summed E-state index contributed by atoms with van der Waals surface area (Å²) < 4.78 is 0. The number of rotatable bonds is 4. The van der Waals surface area contributed by atoms with Crippen molar-refractivity contribution < 1.29 is 10.2 Å². The van der Waals surface area contributed by atoms with Crippen LogP contribution in [0.4, 0.5) is 0 Å². The predicted octanol–water partition coefficient (Wildman–Crippen LogP) is 5.33. The molecule has 2 nitrogen and oxygen atoms in total. The van der Waals surface area contributed by atoms with Crippen LogP contribution in [0, 0.1) is 40.4 Å². The molecule has 0 saturated heterocycles. The fraction of sp³-hybridized carbons (Fsp3) is 0.917. The molecule has 0 bridgehead atoms. The number of allylic oxidation sites excluding steroid dienone is 1. The first-order valence-electron chi connectivity index (χ1n) is 11.4. The van der Waals surface area contributed by atoms with E-state index in [-0.39, 0.29) is 6.10 Å². The summed E-state index contributed by atoms with van der Waals surface area (Å²) in [7, 11) is 0. The highest BCUT2D eigenvalue weighted by Gasteiger charge is 2.58. The molecular weight excluding hydrogens is 320 g/mol. The van der Waals surface area contributed by atoms with Crippen molar-refractivity contribution >= 4 is 0 Å². The third-order valence-electron chi connectivity index (χ3n) is 9.66. The number of hydrogen-bond acceptors (Lipinski definition) is 2. The van der Waals surface area contributed by atoms with Crippen molar-refractivity contribution in [2.45, 2.75) is 91.1 Å². The maximum atomic E-state index is 10.2. The lowest BCUT2D eigenvalue weighted by atomic mass is 9.47. The Balaban J connectivity index is 1.56. The molecule has 8 atom stereocenters. The largest absolute Gasteiger partial charge is 0.396 e. The zero-order valence-electron chi connectivity index (χ0n) is 17.2. The molecule has 0 spiro atoms. The highest BCUT2D eigenvalue weighted by atomic mass is 16.3. The fourth-order valence-corrected chi connectivity index (χ4v) is 8.23. The quantitative estimate of drug-likeness (QED) is 0.665. The van der Waals surface area contributed by atoms with Crippen LogP contribution in [0.15, 0.2) is 11.6 Å². The number of hydrogen-bond donors (Lipinski definition) is 2. The van der Waals surface area contributed by atoms with Crippen molar-refractivity contribution in [1.82, 2.24) is 0 Å². The standard InChI is InChI=1S/C24H40O2/c1-16(5-4-14-25)20-8-9-21-19-7-6-17-15-18(26)10-12-23(17,2)22(19)11-13-24(20,21)3/h6,16,18-22,25-26H,4-5,7-15H2,1-3H3/t16?,18-,19?,20+,21?,22?,23-,24+/m0/s1. The van der Waals surface area contributed by atoms with Crippen molar-refractivity contribution in [3.8, 4) is 0 Å². The molecule has 4 aliphatic rings. The van der Waals surface area contributed by atoms with Gasteiger partial charge in [0.15, 0.2) is 0 Å². The molecule has 0 aromatic rings. The summed E-state index contributed by atoms with van der Waals surface area (Å²) >= 11 is 0. The van der Waals surface area contributed by atoms with Crippen LogP contribution in [0.1, 0.15) is 85.0 Å². The first-order chi connectivity index (χ1) is 12.4. The Hall–Kier alpha value is -0.340. The van der Waals surface area contributed by atoms with Gasteiger partial charge in [-0.3, -0.25) is 0 Å². The lowest BCUT2D eigenvalue weighted by molar-refractivity contribution is -0.0574. The van der Waals surface area contributed by atoms with E-state index in [1.54, 1.807) is 5.57 Å². The van der Waals surface area contributed by atoms with Gasteiger partial charge in [-0.2, -0.15) is 0 Å². The first kappa shape index (κ1) is 19.0. The molecule has 4 unspecified atom stereocenters. The van der Waals surface area contributed by atoms with E-state index in [2.05, 4.69) is 26.8 Å². The second-order valence-electron chi connectivity index (χ2n) is 10.7. The van der Waals surface area contributed by atoms with Gasteiger partial charge in [0.1, 0.15) is 0 Å². The lowest BCUT2D eigenvalue weighted by Gasteiger charge is -2.58. The van der Waals surface area contributed by atoms with E-state index in [0.29, 0.717) is 17.4 Å². The highest BCUT2D eigenvalue weighted by molar-refractivity contribution is 5.25. The molecule has 4 aliphatic carbocycles. The molecule has 3 saturated carbocycles. The fourth-order valence-electron chi connectivity index (χ4n) is 8.23. The molecule has 0 radical (unpaired) electrons. The number of aliphatic hydroxyl groups excluding tert-OH is 2. The summed E-state index contributed by atoms with van der Waals surface area (Å²) in [6, 6.07) is 0. The summed E-state index contributed by atoms with van der Waals surface area (Å²) in [5.41, 5.74) is 2.47. The van der Waals surface area contributed by atoms with Crippen LogP contribution < -0.4 is 0 Å². The summed E-state index contributed by atoms with van der Waals surface area (Å²) in [5.74, 6) is 4.21. The molecule has 0 heterocycles. The monoisotopic (exact) mass is 360 g/mol. The summed E-state index contributed by atoms with van der Waals surface area (Å²) in [5, 5.41) is 19.4. The average molecular weight is 361 g/mol. The van der Waals surface area contributed by atoms with Gasteiger partial charge in [0.05, 0.1) is 6.10 Å². The molecule has 4 rings (SSSR count). The van der Waals surface area contributed by atoms with Crippen LogP contribution in [0.3, 0.4) is 0 Å². The van der Waals surface area contributed by atoms with E-state index in [9.17, 15) is 10.2 Å². The van der Waals surface area contributed by atoms with Crippen molar-refractivity contribution in [3.63, 3.8) is 0 Å². The van der Waals surface area contributed by atoms with Gasteiger partial charge in [0, 0.05) is 6.61 Å². The van der Waals surface area contributed by atoms with Gasteiger partial charge < -0.3 is 10.2 Å². The third-order valence-corrected chi connectivity index (χ3v) is 9.66. The minimum absolute atomic E-state index is 0.0945. The van der Waals surface area contributed by atoms with Crippen molar-refractivity contribution in [2.75, 3.05) is 6.61 Å². The molecule has 26 heavy (non-hydrogen) atoms. The Labute approximate surface area is 160 Å². The second-order valence-corrected chi connectivity index (χ2v) is 10.7.